The van der Waals surface area contributed by atoms with Crippen molar-refractivity contribution in [3.05, 3.63) is 0 Å². The van der Waals surface area contributed by atoms with Crippen molar-refractivity contribution in [1.29, 1.82) is 0 Å². The van der Waals surface area contributed by atoms with Gasteiger partial charge in [0.1, 0.15) is 0 Å². The van der Waals surface area contributed by atoms with Crippen molar-refractivity contribution < 1.29 is 4.43 Å². The van der Waals surface area contributed by atoms with Gasteiger partial charge in [-0.1, -0.05) is 22.6 Å². The lowest BCUT2D eigenvalue weighted by Gasteiger charge is -1.90. The second kappa shape index (κ2) is 6.91. The Balaban J connectivity index is 2.45. The first-order valence-corrected chi connectivity index (χ1v) is 5.57. The van der Waals surface area contributed by atoms with E-state index < -0.39 is 0 Å². The molecule has 0 aromatic heterocycles. The average Bonchev–Trinajstić information content (AvgIpc) is 1.69. The zero-order valence-corrected chi connectivity index (χ0v) is 8.19. The molecule has 0 N–H and O–H groups in total. The molecule has 0 saturated heterocycles. The van der Waals surface area contributed by atoms with Gasteiger partial charge < -0.3 is 4.43 Å². The number of alkyl halides is 1. The molecule has 0 aromatic carbocycles. The van der Waals surface area contributed by atoms with Crippen molar-refractivity contribution in [3.63, 3.8) is 0 Å². The number of halogens is 1. The molecular weight excluding hydrogens is 219 g/mol. The first-order valence-electron chi connectivity index (χ1n) is 2.46. The Morgan fingerprint density at radius 3 is 2.86 bits per heavy atom. The van der Waals surface area contributed by atoms with E-state index in [0.29, 0.717) is 0 Å². The number of hydrogen-bond donors (Lipinski definition) is 0. The van der Waals surface area contributed by atoms with Crippen LogP contribution in [0, 0.1) is 0 Å². The summed E-state index contributed by atoms with van der Waals surface area (Å²) in [5.41, 5.74) is 0. The molecule has 0 fully saturated rings. The zero-order valence-electron chi connectivity index (χ0n) is 4.61. The summed E-state index contributed by atoms with van der Waals surface area (Å²) >= 11 is 2.39. The van der Waals surface area contributed by atoms with Crippen LogP contribution in [-0.2, 0) is 4.43 Å². The van der Waals surface area contributed by atoms with Gasteiger partial charge >= 0.3 is 0 Å². The standard InChI is InChI=1S/C4H11IOSi/c1-6-7-4-2-3-5/h2-4,7H2,1H3. The summed E-state index contributed by atoms with van der Waals surface area (Å²) in [4.78, 5) is 0. The van der Waals surface area contributed by atoms with Gasteiger partial charge in [0.25, 0.3) is 0 Å². The Bertz CT molecular complexity index is 30.9. The van der Waals surface area contributed by atoms with Crippen LogP contribution in [0.3, 0.4) is 0 Å². The monoisotopic (exact) mass is 230 g/mol. The minimum absolute atomic E-state index is 0.0941. The Morgan fingerprint density at radius 2 is 2.43 bits per heavy atom. The molecule has 0 unspecified atom stereocenters. The van der Waals surface area contributed by atoms with Crippen LogP contribution < -0.4 is 0 Å². The third-order valence-electron chi connectivity index (χ3n) is 0.732. The highest BCUT2D eigenvalue weighted by Gasteiger charge is 1.82. The maximum Gasteiger partial charge on any atom is 0.161 e. The minimum atomic E-state index is -0.0941. The van der Waals surface area contributed by atoms with Crippen LogP contribution in [0.25, 0.3) is 0 Å². The van der Waals surface area contributed by atoms with Gasteiger partial charge in [0, 0.05) is 7.11 Å². The van der Waals surface area contributed by atoms with Crippen LogP contribution in [0.5, 0.6) is 0 Å². The van der Waals surface area contributed by atoms with E-state index in [1.165, 1.54) is 16.9 Å². The van der Waals surface area contributed by atoms with Gasteiger partial charge in [-0.05, 0) is 16.9 Å². The lowest BCUT2D eigenvalue weighted by molar-refractivity contribution is 0.440. The van der Waals surface area contributed by atoms with Gasteiger partial charge in [-0.2, -0.15) is 0 Å². The molecule has 1 nitrogen and oxygen atoms in total. The van der Waals surface area contributed by atoms with E-state index in [1.54, 1.807) is 7.11 Å². The normalized spacial score (nSPS) is 11.1. The zero-order chi connectivity index (χ0) is 5.54. The van der Waals surface area contributed by atoms with Gasteiger partial charge in [-0.25, -0.2) is 0 Å². The summed E-state index contributed by atoms with van der Waals surface area (Å²) in [6.45, 7) is 0. The largest absolute Gasteiger partial charge is 0.427 e. The van der Waals surface area contributed by atoms with Crippen LogP contribution >= 0.6 is 22.6 Å². The van der Waals surface area contributed by atoms with Crippen LogP contribution in [0.1, 0.15) is 6.42 Å². The van der Waals surface area contributed by atoms with E-state index >= 15 is 0 Å². The molecule has 0 radical (unpaired) electrons. The van der Waals surface area contributed by atoms with E-state index in [2.05, 4.69) is 22.6 Å². The van der Waals surface area contributed by atoms with Crippen LogP contribution in [0.4, 0.5) is 0 Å². The fourth-order valence-corrected chi connectivity index (χ4v) is 2.64. The maximum atomic E-state index is 4.98. The second-order valence-electron chi connectivity index (χ2n) is 1.39. The van der Waals surface area contributed by atoms with Crippen LogP contribution in [-0.4, -0.2) is 21.3 Å². The molecule has 44 valence electrons. The molecule has 0 rings (SSSR count). The summed E-state index contributed by atoms with van der Waals surface area (Å²) in [5.74, 6) is 0. The van der Waals surface area contributed by atoms with Crippen molar-refractivity contribution in [3.8, 4) is 0 Å². The van der Waals surface area contributed by atoms with E-state index in [9.17, 15) is 0 Å². The molecule has 0 heterocycles. The highest BCUT2D eigenvalue weighted by molar-refractivity contribution is 14.1. The molecule has 0 spiro atoms. The smallest absolute Gasteiger partial charge is 0.161 e. The molecule has 0 atom stereocenters. The van der Waals surface area contributed by atoms with E-state index in [0.717, 1.165) is 0 Å². The predicted octanol–water partition coefficient (Wildman–Crippen LogP) is 0.960. The van der Waals surface area contributed by atoms with Crippen molar-refractivity contribution in [1.82, 2.24) is 0 Å². The average molecular weight is 230 g/mol. The first kappa shape index (κ1) is 7.91. The second-order valence-corrected chi connectivity index (χ2v) is 4.16. The Kier molecular flexibility index (Phi) is 7.80. The Labute approximate surface area is 60.9 Å². The van der Waals surface area contributed by atoms with Gasteiger partial charge in [-0.3, -0.25) is 0 Å². The van der Waals surface area contributed by atoms with E-state index in [4.69, 9.17) is 4.43 Å². The molecule has 0 aliphatic carbocycles. The Morgan fingerprint density at radius 1 is 1.71 bits per heavy atom. The van der Waals surface area contributed by atoms with Crippen molar-refractivity contribution in [2.24, 2.45) is 0 Å². The summed E-state index contributed by atoms with van der Waals surface area (Å²) in [7, 11) is 1.71. The highest BCUT2D eigenvalue weighted by atomic mass is 127. The molecule has 0 saturated carbocycles. The summed E-state index contributed by atoms with van der Waals surface area (Å²) in [5, 5.41) is 0. The SMILES string of the molecule is CO[SiH2]CCCI. The molecule has 0 aromatic rings. The third-order valence-corrected chi connectivity index (χ3v) is 2.69. The first-order chi connectivity index (χ1) is 3.41. The van der Waals surface area contributed by atoms with Crippen molar-refractivity contribution >= 4 is 32.4 Å². The fraction of sp³-hybridized carbons (Fsp3) is 1.00. The van der Waals surface area contributed by atoms with Gasteiger partial charge in [-0.15, -0.1) is 0 Å². The van der Waals surface area contributed by atoms with E-state index in [1.807, 2.05) is 0 Å². The molecule has 0 aliphatic heterocycles. The lowest BCUT2D eigenvalue weighted by Crippen LogP contribution is -1.91. The predicted molar refractivity (Wildman–Crippen MR) is 43.9 cm³/mol. The van der Waals surface area contributed by atoms with Crippen molar-refractivity contribution in [2.75, 3.05) is 11.5 Å². The summed E-state index contributed by atoms with van der Waals surface area (Å²) in [6, 6.07) is 1.35. The summed E-state index contributed by atoms with van der Waals surface area (Å²) < 4.78 is 6.27. The molecule has 0 aliphatic rings. The van der Waals surface area contributed by atoms with Gasteiger partial charge in [0.2, 0.25) is 0 Å². The summed E-state index contributed by atoms with van der Waals surface area (Å²) in [6.07, 6.45) is 1.35. The Hall–Kier alpha value is 0.907. The molecule has 7 heavy (non-hydrogen) atoms. The fourth-order valence-electron chi connectivity index (χ4n) is 0.341. The highest BCUT2D eigenvalue weighted by Crippen LogP contribution is 1.92. The molecular formula is C4H11IOSi. The van der Waals surface area contributed by atoms with Crippen LogP contribution in [0.15, 0.2) is 0 Å². The number of hydrogen-bond acceptors (Lipinski definition) is 1. The van der Waals surface area contributed by atoms with Gasteiger partial charge in [0.05, 0.1) is 0 Å². The molecule has 0 bridgehead atoms. The van der Waals surface area contributed by atoms with Crippen LogP contribution in [0.2, 0.25) is 6.04 Å². The topological polar surface area (TPSA) is 9.23 Å². The van der Waals surface area contributed by atoms with Crippen molar-refractivity contribution in [2.45, 2.75) is 12.5 Å². The maximum absolute atomic E-state index is 4.98. The number of rotatable bonds is 4. The van der Waals surface area contributed by atoms with Gasteiger partial charge in [0.15, 0.2) is 9.76 Å². The lowest BCUT2D eigenvalue weighted by atomic mass is 10.6. The third kappa shape index (κ3) is 6.91. The molecule has 0 amide bonds. The van der Waals surface area contributed by atoms with E-state index in [-0.39, 0.29) is 9.76 Å². The quantitative estimate of drug-likeness (QED) is 0.302. The molecule has 3 heteroatoms. The minimum Gasteiger partial charge on any atom is -0.427 e.